The van der Waals surface area contributed by atoms with E-state index in [1.165, 1.54) is 12.5 Å². The summed E-state index contributed by atoms with van der Waals surface area (Å²) in [5.41, 5.74) is 3.00. The number of ether oxygens (including phenoxy) is 1. The summed E-state index contributed by atoms with van der Waals surface area (Å²) in [4.78, 5) is 11.6. The second-order valence-corrected chi connectivity index (χ2v) is 6.39. The van der Waals surface area contributed by atoms with Crippen LogP contribution in [0.3, 0.4) is 0 Å². The van der Waals surface area contributed by atoms with Gasteiger partial charge in [-0.2, -0.15) is 0 Å². The van der Waals surface area contributed by atoms with E-state index in [0.717, 1.165) is 11.3 Å². The SMILES string of the molecule is CC(=O)O[C@H]1c2ccccc2N[C@H](c2ccccc2)C1(C)C. The lowest BCUT2D eigenvalue weighted by Gasteiger charge is -2.46. The first-order valence-electron chi connectivity index (χ1n) is 7.58. The highest BCUT2D eigenvalue weighted by Gasteiger charge is 2.45. The van der Waals surface area contributed by atoms with Crippen molar-refractivity contribution in [3.8, 4) is 0 Å². The summed E-state index contributed by atoms with van der Waals surface area (Å²) in [6.07, 6.45) is -0.271. The maximum atomic E-state index is 11.6. The minimum Gasteiger partial charge on any atom is -0.457 e. The van der Waals surface area contributed by atoms with Gasteiger partial charge in [-0.3, -0.25) is 4.79 Å². The molecular weight excluding hydrogens is 274 g/mol. The molecule has 0 amide bonds. The van der Waals surface area contributed by atoms with Crippen LogP contribution in [0, 0.1) is 5.41 Å². The van der Waals surface area contributed by atoms with Gasteiger partial charge in [0.2, 0.25) is 0 Å². The molecule has 0 saturated heterocycles. The molecule has 2 atom stereocenters. The molecule has 2 aromatic carbocycles. The molecule has 22 heavy (non-hydrogen) atoms. The van der Waals surface area contributed by atoms with Crippen LogP contribution in [0.2, 0.25) is 0 Å². The fourth-order valence-electron chi connectivity index (χ4n) is 3.29. The van der Waals surface area contributed by atoms with E-state index in [1.54, 1.807) is 0 Å². The van der Waals surface area contributed by atoms with Crippen LogP contribution in [0.15, 0.2) is 54.6 Å². The van der Waals surface area contributed by atoms with Gasteiger partial charge in [0.1, 0.15) is 6.10 Å². The van der Waals surface area contributed by atoms with Crippen molar-refractivity contribution in [2.24, 2.45) is 5.41 Å². The molecule has 3 heteroatoms. The first kappa shape index (κ1) is 14.6. The van der Waals surface area contributed by atoms with Crippen molar-refractivity contribution in [3.05, 3.63) is 65.7 Å². The van der Waals surface area contributed by atoms with Gasteiger partial charge >= 0.3 is 5.97 Å². The molecule has 0 aliphatic carbocycles. The van der Waals surface area contributed by atoms with Gasteiger partial charge in [0.15, 0.2) is 0 Å². The van der Waals surface area contributed by atoms with Crippen molar-refractivity contribution in [1.29, 1.82) is 0 Å². The van der Waals surface area contributed by atoms with E-state index in [4.69, 9.17) is 4.74 Å². The molecule has 0 saturated carbocycles. The van der Waals surface area contributed by atoms with Crippen LogP contribution in [0.1, 0.15) is 44.0 Å². The Hall–Kier alpha value is -2.29. The largest absolute Gasteiger partial charge is 0.457 e. The standard InChI is InChI=1S/C19H21NO2/c1-13(21)22-18-15-11-7-8-12-16(15)20-17(19(18,2)3)14-9-5-4-6-10-14/h4-12,17-18,20H,1-3H3/t17-,18+/m1/s1. The molecular formula is C19H21NO2. The zero-order chi connectivity index (χ0) is 15.7. The molecule has 0 bridgehead atoms. The third kappa shape index (κ3) is 2.47. The summed E-state index contributed by atoms with van der Waals surface area (Å²) < 4.78 is 5.71. The fourth-order valence-corrected chi connectivity index (χ4v) is 3.29. The molecule has 1 aliphatic rings. The molecule has 3 nitrogen and oxygen atoms in total. The lowest BCUT2D eigenvalue weighted by atomic mass is 9.70. The van der Waals surface area contributed by atoms with Crippen LogP contribution >= 0.6 is 0 Å². The normalized spacial score (nSPS) is 22.3. The average Bonchev–Trinajstić information content (AvgIpc) is 2.50. The molecule has 1 N–H and O–H groups in total. The van der Waals surface area contributed by atoms with E-state index in [-0.39, 0.29) is 23.5 Å². The van der Waals surface area contributed by atoms with Crippen molar-refractivity contribution in [2.75, 3.05) is 5.32 Å². The van der Waals surface area contributed by atoms with Gasteiger partial charge in [0.25, 0.3) is 0 Å². The van der Waals surface area contributed by atoms with E-state index in [9.17, 15) is 4.79 Å². The summed E-state index contributed by atoms with van der Waals surface area (Å²) in [6.45, 7) is 5.75. The van der Waals surface area contributed by atoms with Gasteiger partial charge in [-0.1, -0.05) is 62.4 Å². The first-order chi connectivity index (χ1) is 10.5. The predicted molar refractivity (Wildman–Crippen MR) is 87.5 cm³/mol. The molecule has 0 fully saturated rings. The summed E-state index contributed by atoms with van der Waals surface area (Å²) >= 11 is 0. The molecule has 3 rings (SSSR count). The molecule has 1 heterocycles. The number of para-hydroxylation sites is 1. The second-order valence-electron chi connectivity index (χ2n) is 6.39. The number of hydrogen-bond donors (Lipinski definition) is 1. The third-order valence-corrected chi connectivity index (χ3v) is 4.38. The van der Waals surface area contributed by atoms with Crippen LogP contribution in [0.5, 0.6) is 0 Å². The van der Waals surface area contributed by atoms with E-state index < -0.39 is 0 Å². The lowest BCUT2D eigenvalue weighted by molar-refractivity contribution is -0.154. The van der Waals surface area contributed by atoms with Crippen LogP contribution in [0.4, 0.5) is 5.69 Å². The van der Waals surface area contributed by atoms with Crippen molar-refractivity contribution in [1.82, 2.24) is 0 Å². The maximum absolute atomic E-state index is 11.6. The van der Waals surface area contributed by atoms with Crippen molar-refractivity contribution < 1.29 is 9.53 Å². The summed E-state index contributed by atoms with van der Waals surface area (Å²) in [6, 6.07) is 18.4. The Kier molecular flexibility index (Phi) is 3.65. The minimum atomic E-state index is -0.271. The Bertz CT molecular complexity index is 679. The van der Waals surface area contributed by atoms with Gasteiger partial charge in [-0.05, 0) is 11.6 Å². The Morgan fingerprint density at radius 3 is 2.36 bits per heavy atom. The van der Waals surface area contributed by atoms with Gasteiger partial charge in [-0.25, -0.2) is 0 Å². The van der Waals surface area contributed by atoms with Crippen molar-refractivity contribution in [2.45, 2.75) is 32.9 Å². The monoisotopic (exact) mass is 295 g/mol. The number of nitrogens with one attached hydrogen (secondary N) is 1. The summed E-state index contributed by atoms with van der Waals surface area (Å²) in [5, 5.41) is 3.62. The highest BCUT2D eigenvalue weighted by atomic mass is 16.5. The first-order valence-corrected chi connectivity index (χ1v) is 7.58. The Morgan fingerprint density at radius 2 is 1.68 bits per heavy atom. The zero-order valence-corrected chi connectivity index (χ0v) is 13.2. The van der Waals surface area contributed by atoms with Crippen LogP contribution in [0.25, 0.3) is 0 Å². The molecule has 0 aromatic heterocycles. The zero-order valence-electron chi connectivity index (χ0n) is 13.2. The minimum absolute atomic E-state index is 0.0768. The van der Waals surface area contributed by atoms with Gasteiger partial charge < -0.3 is 10.1 Å². The van der Waals surface area contributed by atoms with Crippen LogP contribution < -0.4 is 5.32 Å². The molecule has 1 aliphatic heterocycles. The van der Waals surface area contributed by atoms with Crippen molar-refractivity contribution in [3.63, 3.8) is 0 Å². The topological polar surface area (TPSA) is 38.3 Å². The Balaban J connectivity index is 2.10. The van der Waals surface area contributed by atoms with Gasteiger partial charge in [0, 0.05) is 23.6 Å². The summed E-state index contributed by atoms with van der Waals surface area (Å²) in [7, 11) is 0. The lowest BCUT2D eigenvalue weighted by Crippen LogP contribution is -2.40. The van der Waals surface area contributed by atoms with Crippen LogP contribution in [-0.4, -0.2) is 5.97 Å². The smallest absolute Gasteiger partial charge is 0.303 e. The molecule has 2 aromatic rings. The van der Waals surface area contributed by atoms with Crippen LogP contribution in [-0.2, 0) is 9.53 Å². The number of esters is 1. The van der Waals surface area contributed by atoms with Gasteiger partial charge in [0.05, 0.1) is 6.04 Å². The van der Waals surface area contributed by atoms with E-state index in [0.29, 0.717) is 0 Å². The van der Waals surface area contributed by atoms with Crippen molar-refractivity contribution >= 4 is 11.7 Å². The summed E-state index contributed by atoms with van der Waals surface area (Å²) in [5.74, 6) is -0.249. The molecule has 114 valence electrons. The quantitative estimate of drug-likeness (QED) is 0.830. The average molecular weight is 295 g/mol. The number of hydrogen-bond acceptors (Lipinski definition) is 3. The number of carbonyl (C=O) groups is 1. The molecule has 0 spiro atoms. The Morgan fingerprint density at radius 1 is 1.05 bits per heavy atom. The Labute approximate surface area is 131 Å². The van der Waals surface area contributed by atoms with E-state index >= 15 is 0 Å². The van der Waals surface area contributed by atoms with E-state index in [1.807, 2.05) is 42.5 Å². The second kappa shape index (κ2) is 5.48. The number of benzene rings is 2. The molecule has 0 radical (unpaired) electrons. The fraction of sp³-hybridized carbons (Fsp3) is 0.316. The highest BCUT2D eigenvalue weighted by Crippen LogP contribution is 2.52. The highest BCUT2D eigenvalue weighted by molar-refractivity contribution is 5.68. The predicted octanol–water partition coefficient (Wildman–Crippen LogP) is 4.48. The molecule has 0 unspecified atom stereocenters. The number of rotatable bonds is 2. The van der Waals surface area contributed by atoms with Gasteiger partial charge in [-0.15, -0.1) is 0 Å². The number of carbonyl (C=O) groups excluding carboxylic acids is 1. The van der Waals surface area contributed by atoms with E-state index in [2.05, 4.69) is 31.3 Å². The number of fused-ring (bicyclic) bond motifs is 1. The maximum Gasteiger partial charge on any atom is 0.303 e. The third-order valence-electron chi connectivity index (χ3n) is 4.38. The number of anilines is 1.